The van der Waals surface area contributed by atoms with Crippen molar-refractivity contribution in [2.75, 3.05) is 65.9 Å². The molecule has 0 aliphatic rings. The number of esters is 2. The summed E-state index contributed by atoms with van der Waals surface area (Å²) in [6.45, 7) is 10.1. The van der Waals surface area contributed by atoms with Crippen LogP contribution in [0.5, 0.6) is 0 Å². The van der Waals surface area contributed by atoms with Gasteiger partial charge in [-0.05, 0) is 89.9 Å². The summed E-state index contributed by atoms with van der Waals surface area (Å²) in [5, 5.41) is 10.2. The van der Waals surface area contributed by atoms with Crippen molar-refractivity contribution in [3.05, 3.63) is 24.3 Å². The van der Waals surface area contributed by atoms with E-state index in [1.54, 1.807) is 0 Å². The first-order chi connectivity index (χ1) is 53.7. The molecule has 0 aliphatic carbocycles. The molecule has 0 rings (SSSR count). The first-order valence-electron chi connectivity index (χ1n) is 43.9. The SMILES string of the molecule is CCCCCC/C=C\CCCC(=O)O[C@H](CCCCCCC)CCOCC(COP(=O)(O)OCCNC(=O)CC(=O)NCCOP(=O)(O)OCC(COCC[C@@H](CCCCCCC)OC(=O)CCC/C=C\CCCCCC)NC(=O)CC(=O)CCCCCCCCCCC)NC(=O)CC(=O)CCCCCCCCCCC.[H-].[H-].[Na+].[Na+]. The van der Waals surface area contributed by atoms with E-state index in [2.05, 4.69) is 87.1 Å². The molecule has 0 spiro atoms. The van der Waals surface area contributed by atoms with Crippen LogP contribution in [0.4, 0.5) is 0 Å². The van der Waals surface area contributed by atoms with Gasteiger partial charge in [0.2, 0.25) is 23.6 Å². The largest absolute Gasteiger partial charge is 1.00 e. The van der Waals surface area contributed by atoms with Gasteiger partial charge in [-0.15, -0.1) is 0 Å². The molecule has 0 aromatic rings. The Morgan fingerprint density at radius 1 is 0.327 bits per heavy atom. The molecule has 0 aromatic heterocycles. The average Bonchev–Trinajstić information content (AvgIpc) is 0.908. The molecule has 24 nitrogen and oxygen atoms in total. The van der Waals surface area contributed by atoms with Crippen LogP contribution in [-0.2, 0) is 84.5 Å². The van der Waals surface area contributed by atoms with Crippen molar-refractivity contribution in [1.82, 2.24) is 21.3 Å². The number of rotatable bonds is 84. The van der Waals surface area contributed by atoms with Gasteiger partial charge in [0.25, 0.3) is 0 Å². The Kier molecular flexibility index (Phi) is 84.9. The van der Waals surface area contributed by atoms with E-state index in [1.807, 2.05) is 0 Å². The molecule has 6 atom stereocenters. The van der Waals surface area contributed by atoms with Crippen LogP contribution in [0.25, 0.3) is 0 Å². The van der Waals surface area contributed by atoms with E-state index in [9.17, 15) is 57.3 Å². The second kappa shape index (κ2) is 83.4. The summed E-state index contributed by atoms with van der Waals surface area (Å²) in [6, 6.07) is -2.00. The van der Waals surface area contributed by atoms with Crippen LogP contribution in [0.1, 0.15) is 385 Å². The number of unbranched alkanes of at least 4 members (excludes halogenated alkanes) is 34. The summed E-state index contributed by atoms with van der Waals surface area (Å²) in [7, 11) is -9.66. The maximum Gasteiger partial charge on any atom is 1.00 e. The minimum absolute atomic E-state index is 0. The Morgan fingerprint density at radius 2 is 0.619 bits per heavy atom. The zero-order valence-corrected chi connectivity index (χ0v) is 78.1. The minimum atomic E-state index is -4.83. The van der Waals surface area contributed by atoms with Crippen LogP contribution in [0, 0.1) is 0 Å². The molecule has 113 heavy (non-hydrogen) atoms. The van der Waals surface area contributed by atoms with Crippen molar-refractivity contribution < 1.29 is 156 Å². The van der Waals surface area contributed by atoms with Crippen LogP contribution in [0.15, 0.2) is 24.3 Å². The molecule has 28 heteroatoms. The third-order valence-corrected chi connectivity index (χ3v) is 21.0. The topological polar surface area (TPSA) is 333 Å². The maximum atomic E-state index is 13.3. The van der Waals surface area contributed by atoms with Crippen LogP contribution < -0.4 is 80.4 Å². The van der Waals surface area contributed by atoms with E-state index >= 15 is 0 Å². The number of carbonyl (C=O) groups excluding carboxylic acids is 8. The molecule has 0 heterocycles. The molecule has 4 unspecified atom stereocenters. The number of phosphoric acid groups is 2. The zero-order chi connectivity index (χ0) is 81.8. The van der Waals surface area contributed by atoms with Crippen LogP contribution in [0.2, 0.25) is 0 Å². The summed E-state index contributed by atoms with van der Waals surface area (Å²) in [5.74, 6) is -3.82. The van der Waals surface area contributed by atoms with Crippen LogP contribution >= 0.6 is 15.6 Å². The molecule has 0 radical (unpaired) electrons. The minimum Gasteiger partial charge on any atom is -1.00 e. The van der Waals surface area contributed by atoms with Crippen molar-refractivity contribution in [1.29, 1.82) is 0 Å². The average molecular weight is 1670 g/mol. The fraction of sp³-hybridized carbons (Fsp3) is 0.859. The van der Waals surface area contributed by atoms with Crippen molar-refractivity contribution in [2.45, 2.75) is 406 Å². The predicted octanol–water partition coefficient (Wildman–Crippen LogP) is 13.6. The van der Waals surface area contributed by atoms with Gasteiger partial charge in [-0.3, -0.25) is 56.5 Å². The summed E-state index contributed by atoms with van der Waals surface area (Å²) in [6.07, 6.45) is 53.7. The summed E-state index contributed by atoms with van der Waals surface area (Å²) < 4.78 is 71.0. The van der Waals surface area contributed by atoms with Gasteiger partial charge in [0.1, 0.15) is 30.2 Å². The van der Waals surface area contributed by atoms with Crippen LogP contribution in [0.3, 0.4) is 0 Å². The Balaban J connectivity index is -0.0000101. The second-order valence-electron chi connectivity index (χ2n) is 30.0. The molecular formula is C85H160N4Na2O20P2. The Labute approximate surface area is 731 Å². The van der Waals surface area contributed by atoms with E-state index < -0.39 is 109 Å². The van der Waals surface area contributed by atoms with Crippen molar-refractivity contribution in [3.63, 3.8) is 0 Å². The zero-order valence-electron chi connectivity index (χ0n) is 74.3. The molecule has 652 valence electrons. The van der Waals surface area contributed by atoms with Gasteiger partial charge in [-0.1, -0.05) is 258 Å². The smallest absolute Gasteiger partial charge is 1.00 e. The van der Waals surface area contributed by atoms with E-state index in [4.69, 9.17) is 37.0 Å². The number of carbonyl (C=O) groups is 8. The number of amides is 4. The molecule has 0 aromatic carbocycles. The van der Waals surface area contributed by atoms with E-state index in [0.29, 0.717) is 64.2 Å². The van der Waals surface area contributed by atoms with Gasteiger partial charge in [0.15, 0.2) is 0 Å². The van der Waals surface area contributed by atoms with Gasteiger partial charge in [0.05, 0.1) is 77.8 Å². The molecule has 0 aliphatic heterocycles. The van der Waals surface area contributed by atoms with Crippen molar-refractivity contribution >= 4 is 62.8 Å². The maximum absolute atomic E-state index is 13.3. The molecular weight excluding hydrogens is 1500 g/mol. The fourth-order valence-corrected chi connectivity index (χ4v) is 14.0. The van der Waals surface area contributed by atoms with E-state index in [-0.39, 0.29) is 138 Å². The Morgan fingerprint density at radius 3 is 0.947 bits per heavy atom. The molecule has 6 N–H and O–H groups in total. The van der Waals surface area contributed by atoms with Crippen molar-refractivity contribution in [3.8, 4) is 0 Å². The number of Topliss-reactive ketones (excluding diaryl/α,β-unsaturated/α-hetero) is 2. The Bertz CT molecular complexity index is 2360. The number of ether oxygens (including phenoxy) is 4. The molecule has 0 bridgehead atoms. The number of ketones is 2. The first-order valence-corrected chi connectivity index (χ1v) is 46.9. The number of hydrogen-bond acceptors (Lipinski definition) is 18. The summed E-state index contributed by atoms with van der Waals surface area (Å²) in [4.78, 5) is 125. The Hall–Kier alpha value is -2.22. The predicted molar refractivity (Wildman–Crippen MR) is 444 cm³/mol. The number of phosphoric ester groups is 2. The van der Waals surface area contributed by atoms with Gasteiger partial charge in [-0.25, -0.2) is 9.13 Å². The quantitative estimate of drug-likeness (QED) is 0.00823. The number of nitrogens with one attached hydrogen (secondary N) is 4. The molecule has 0 fully saturated rings. The first kappa shape index (κ1) is 115. The molecule has 0 saturated heterocycles. The van der Waals surface area contributed by atoms with Gasteiger partial charge < -0.3 is 52.9 Å². The third-order valence-electron chi connectivity index (χ3n) is 19.1. The normalized spacial score (nSPS) is 13.6. The monoisotopic (exact) mass is 1670 g/mol. The molecule has 4 amide bonds. The van der Waals surface area contributed by atoms with Gasteiger partial charge >= 0.3 is 86.7 Å². The molecule has 0 saturated carbocycles. The summed E-state index contributed by atoms with van der Waals surface area (Å²) >= 11 is 0. The van der Waals surface area contributed by atoms with Gasteiger partial charge in [-0.2, -0.15) is 0 Å². The van der Waals surface area contributed by atoms with Gasteiger partial charge in [0, 0.05) is 51.6 Å². The summed E-state index contributed by atoms with van der Waals surface area (Å²) in [5.41, 5.74) is 0. The van der Waals surface area contributed by atoms with Crippen molar-refractivity contribution in [2.24, 2.45) is 0 Å². The van der Waals surface area contributed by atoms with E-state index in [0.717, 1.165) is 154 Å². The van der Waals surface area contributed by atoms with Crippen LogP contribution in [-0.4, -0.2) is 147 Å². The third kappa shape index (κ3) is 80.6. The number of allylic oxidation sites excluding steroid dienone is 4. The standard InChI is InChI=1S/C85H158N4O20P2.2Na.2H/c1-7-13-19-25-29-33-37-43-47-53-76(90)67-82(94)88-74(70-102-63-59-78(55-49-41-23-17-11-5)108-84(96)57-51-45-39-35-31-27-21-15-9-3)72-106-110(98,99)104-65-61-86-80(92)69-81(93)87-62-66-105-111(100,101)107-73-75(89-83(95)68-77(91)54-48-44-38-34-30-26-20-14-8-2)71-103-64-60-79(56-50-42-24-18-12-6)109-85(97)58-52-46-40-36-32-28-22-16-10-4;;;;/h35-36,39-40,74-75,78-79H,7-34,37-38,41-73H2,1-6H3,(H,86,92)(H,87,93)(H,88,94)(H,89,95)(H,98,99)(H,100,101);;;;/q;2*+1;2*-1/b39-35-,40-36-;;;;/t74?,75?,78-,79-;;;;/m1..../s1. The van der Waals surface area contributed by atoms with E-state index in [1.165, 1.54) is 89.9 Å². The second-order valence-corrected chi connectivity index (χ2v) is 32.9. The fourth-order valence-electron chi connectivity index (χ4n) is 12.5. The number of hydrogen-bond donors (Lipinski definition) is 6.